The van der Waals surface area contributed by atoms with Crippen molar-refractivity contribution in [3.05, 3.63) is 85.1 Å². The molecule has 0 amide bonds. The SMILES string of the molecule is CC/C=C\C/C=C\C/C=C\C/C=C\C/C=C\C/C=C\CCCOCC(COC1OC(CO)C(O)C(OS(=O)(=O)O)C1O)OC(=O)CCCCCCC/C=C\CCC. The minimum absolute atomic E-state index is 0.0130. The number of hydrogen-bond acceptors (Lipinski definition) is 11. The van der Waals surface area contributed by atoms with Gasteiger partial charge in [-0.15, -0.1) is 0 Å². The molecule has 0 radical (unpaired) electrons. The molecular weight excluding hydrogens is 753 g/mol. The zero-order chi connectivity index (χ0) is 41.8. The number of aliphatic hydroxyl groups excluding tert-OH is 3. The Morgan fingerprint density at radius 2 is 1.21 bits per heavy atom. The minimum Gasteiger partial charge on any atom is -0.457 e. The van der Waals surface area contributed by atoms with E-state index in [1.807, 2.05) is 0 Å². The Morgan fingerprint density at radius 1 is 0.684 bits per heavy atom. The lowest BCUT2D eigenvalue weighted by Gasteiger charge is -2.41. The monoisotopic (exact) mass is 824 g/mol. The molecule has 6 unspecified atom stereocenters. The molecule has 12 nitrogen and oxygen atoms in total. The van der Waals surface area contributed by atoms with Crippen LogP contribution in [-0.2, 0) is 38.3 Å². The fraction of sp³-hybridized carbons (Fsp3) is 0.659. The van der Waals surface area contributed by atoms with E-state index in [2.05, 4.69) is 103 Å². The zero-order valence-corrected chi connectivity index (χ0v) is 35.2. The summed E-state index contributed by atoms with van der Waals surface area (Å²) >= 11 is 0. The van der Waals surface area contributed by atoms with Gasteiger partial charge in [-0.1, -0.05) is 125 Å². The summed E-state index contributed by atoms with van der Waals surface area (Å²) in [4.78, 5) is 12.8. The lowest BCUT2D eigenvalue weighted by atomic mass is 9.99. The summed E-state index contributed by atoms with van der Waals surface area (Å²) in [5, 5.41) is 30.6. The standard InChI is InChI=1S/C44H72O12S/c1-3-5-7-9-11-13-15-16-17-18-19-20-21-22-23-24-26-28-30-32-34-52-36-38(54-40(46)33-31-29-27-25-14-12-10-8-6-4-2)37-53-44-42(48)43(56-57(49,50)51)41(47)39(35-45)55-44/h5,7-8,10-11,13,16-17,19-20,22-23,26,28,38-39,41-45,47-48H,3-4,6,9,12,14-15,18,21,24-25,27,29-37H2,1-2H3,(H,49,50,51)/b7-5-,10-8-,13-11-,17-16-,20-19-,23-22-,28-26-. The van der Waals surface area contributed by atoms with Crippen molar-refractivity contribution in [1.82, 2.24) is 0 Å². The molecule has 0 aromatic carbocycles. The molecule has 1 rings (SSSR count). The van der Waals surface area contributed by atoms with E-state index in [9.17, 15) is 28.5 Å². The Bertz CT molecular complexity index is 1320. The van der Waals surface area contributed by atoms with Gasteiger partial charge in [0.25, 0.3) is 0 Å². The number of esters is 1. The van der Waals surface area contributed by atoms with E-state index in [0.29, 0.717) is 13.0 Å². The minimum atomic E-state index is -5.07. The summed E-state index contributed by atoms with van der Waals surface area (Å²) in [6.45, 7) is 3.60. The molecule has 4 N–H and O–H groups in total. The third-order valence-electron chi connectivity index (χ3n) is 8.73. The first kappa shape index (κ1) is 52.3. The van der Waals surface area contributed by atoms with Crippen molar-refractivity contribution in [2.24, 2.45) is 0 Å². The van der Waals surface area contributed by atoms with Gasteiger partial charge in [0.05, 0.1) is 19.8 Å². The molecule has 1 fully saturated rings. The van der Waals surface area contributed by atoms with Crippen molar-refractivity contribution >= 4 is 16.4 Å². The van der Waals surface area contributed by atoms with Crippen LogP contribution in [-0.4, -0.2) is 97.5 Å². The summed E-state index contributed by atoms with van der Waals surface area (Å²) in [5.74, 6) is -0.436. The Labute approximate surface area is 343 Å². The Morgan fingerprint density at radius 3 is 1.79 bits per heavy atom. The summed E-state index contributed by atoms with van der Waals surface area (Å²) in [7, 11) is -5.07. The molecule has 1 heterocycles. The second-order valence-corrected chi connectivity index (χ2v) is 14.9. The lowest BCUT2D eigenvalue weighted by Crippen LogP contribution is -2.60. The van der Waals surface area contributed by atoms with Gasteiger partial charge in [0, 0.05) is 13.0 Å². The van der Waals surface area contributed by atoms with E-state index in [1.165, 1.54) is 0 Å². The van der Waals surface area contributed by atoms with Crippen LogP contribution in [0, 0.1) is 0 Å². The molecule has 1 aliphatic rings. The summed E-state index contributed by atoms with van der Waals surface area (Å²) in [5.41, 5.74) is 0. The third kappa shape index (κ3) is 29.2. The van der Waals surface area contributed by atoms with Crippen LogP contribution in [0.3, 0.4) is 0 Å². The van der Waals surface area contributed by atoms with E-state index in [-0.39, 0.29) is 19.6 Å². The summed E-state index contributed by atoms with van der Waals surface area (Å²) in [6, 6.07) is 0. The predicted molar refractivity (Wildman–Crippen MR) is 225 cm³/mol. The molecule has 326 valence electrons. The van der Waals surface area contributed by atoms with Gasteiger partial charge in [0.2, 0.25) is 0 Å². The van der Waals surface area contributed by atoms with Gasteiger partial charge in [-0.2, -0.15) is 8.42 Å². The zero-order valence-electron chi connectivity index (χ0n) is 34.4. The first-order chi connectivity index (χ1) is 27.6. The fourth-order valence-corrected chi connectivity index (χ4v) is 6.14. The highest BCUT2D eigenvalue weighted by Crippen LogP contribution is 2.26. The average Bonchev–Trinajstić information content (AvgIpc) is 3.18. The normalized spacial score (nSPS) is 21.5. The Hall–Kier alpha value is -2.72. The van der Waals surface area contributed by atoms with Crippen LogP contribution in [0.5, 0.6) is 0 Å². The first-order valence-corrected chi connectivity index (χ1v) is 22.2. The fourth-order valence-electron chi connectivity index (χ4n) is 5.63. The summed E-state index contributed by atoms with van der Waals surface area (Å²) in [6.07, 6.45) is 36.4. The number of allylic oxidation sites excluding steroid dienone is 14. The molecule has 13 heteroatoms. The number of carbonyl (C=O) groups excluding carboxylic acids is 1. The summed E-state index contributed by atoms with van der Waals surface area (Å²) < 4.78 is 58.8. The van der Waals surface area contributed by atoms with Crippen molar-refractivity contribution in [1.29, 1.82) is 0 Å². The van der Waals surface area contributed by atoms with Crippen LogP contribution in [0.15, 0.2) is 85.1 Å². The third-order valence-corrected chi connectivity index (χ3v) is 9.20. The largest absolute Gasteiger partial charge is 0.457 e. The van der Waals surface area contributed by atoms with Gasteiger partial charge < -0.3 is 34.3 Å². The second-order valence-electron chi connectivity index (χ2n) is 13.8. The van der Waals surface area contributed by atoms with Crippen LogP contribution >= 0.6 is 0 Å². The number of hydrogen-bond donors (Lipinski definition) is 4. The van der Waals surface area contributed by atoms with Crippen LogP contribution < -0.4 is 0 Å². The van der Waals surface area contributed by atoms with Gasteiger partial charge in [-0.3, -0.25) is 9.35 Å². The van der Waals surface area contributed by atoms with Gasteiger partial charge >= 0.3 is 16.4 Å². The molecule has 0 aromatic heterocycles. The molecule has 0 bridgehead atoms. The van der Waals surface area contributed by atoms with Crippen molar-refractivity contribution in [2.45, 2.75) is 160 Å². The number of carbonyl (C=O) groups is 1. The highest BCUT2D eigenvalue weighted by molar-refractivity contribution is 7.80. The van der Waals surface area contributed by atoms with E-state index in [4.69, 9.17) is 23.5 Å². The number of rotatable bonds is 34. The van der Waals surface area contributed by atoms with Crippen LogP contribution in [0.1, 0.15) is 123 Å². The van der Waals surface area contributed by atoms with E-state index in [0.717, 1.165) is 96.3 Å². The average molecular weight is 825 g/mol. The second kappa shape index (κ2) is 35.2. The topological polar surface area (TPSA) is 178 Å². The predicted octanol–water partition coefficient (Wildman–Crippen LogP) is 8.12. The first-order valence-electron chi connectivity index (χ1n) is 20.8. The number of unbranched alkanes of at least 4 members (excludes halogenated alkanes) is 7. The van der Waals surface area contributed by atoms with Crippen molar-refractivity contribution in [3.63, 3.8) is 0 Å². The van der Waals surface area contributed by atoms with Gasteiger partial charge in [0.1, 0.15) is 30.5 Å². The maximum Gasteiger partial charge on any atom is 0.397 e. The smallest absolute Gasteiger partial charge is 0.397 e. The molecule has 6 atom stereocenters. The van der Waals surface area contributed by atoms with E-state index < -0.39 is 59.8 Å². The molecule has 1 saturated heterocycles. The molecule has 0 spiro atoms. The molecular formula is C44H72O12S. The van der Waals surface area contributed by atoms with Crippen LogP contribution in [0.25, 0.3) is 0 Å². The molecule has 0 aromatic rings. The van der Waals surface area contributed by atoms with E-state index >= 15 is 0 Å². The van der Waals surface area contributed by atoms with Crippen LogP contribution in [0.2, 0.25) is 0 Å². The highest BCUT2D eigenvalue weighted by Gasteiger charge is 2.48. The van der Waals surface area contributed by atoms with Crippen molar-refractivity contribution in [3.8, 4) is 0 Å². The maximum atomic E-state index is 12.8. The molecule has 1 aliphatic heterocycles. The maximum absolute atomic E-state index is 12.8. The highest BCUT2D eigenvalue weighted by atomic mass is 32.3. The Balaban J connectivity index is 2.50. The van der Waals surface area contributed by atoms with Crippen molar-refractivity contribution in [2.75, 3.05) is 26.4 Å². The quantitative estimate of drug-likeness (QED) is 0.0212. The Kier molecular flexibility index (Phi) is 32.3. The number of aliphatic hydroxyl groups is 3. The lowest BCUT2D eigenvalue weighted by molar-refractivity contribution is -0.301. The molecule has 0 aliphatic carbocycles. The molecule has 0 saturated carbocycles. The van der Waals surface area contributed by atoms with Gasteiger partial charge in [-0.05, 0) is 77.0 Å². The molecule has 57 heavy (non-hydrogen) atoms. The van der Waals surface area contributed by atoms with Gasteiger partial charge in [0.15, 0.2) is 6.29 Å². The van der Waals surface area contributed by atoms with E-state index in [1.54, 1.807) is 0 Å². The number of ether oxygens (including phenoxy) is 4. The van der Waals surface area contributed by atoms with Gasteiger partial charge in [-0.25, -0.2) is 4.18 Å². The van der Waals surface area contributed by atoms with Crippen LogP contribution in [0.4, 0.5) is 0 Å². The van der Waals surface area contributed by atoms with Crippen molar-refractivity contribution < 1.29 is 56.2 Å².